The lowest BCUT2D eigenvalue weighted by Crippen LogP contribution is -2.55. The van der Waals surface area contributed by atoms with Crippen LogP contribution in [0.4, 0.5) is 0 Å². The van der Waals surface area contributed by atoms with Gasteiger partial charge in [0.25, 0.3) is 0 Å². The topological polar surface area (TPSA) is 24.5 Å². The Balaban J connectivity index is 1.57. The smallest absolute Gasteiger partial charge is 0.0507 e. The molecule has 3 nitrogen and oxygen atoms in total. The van der Waals surface area contributed by atoms with Gasteiger partial charge in [-0.15, -0.1) is 0 Å². The predicted octanol–water partition coefficient (Wildman–Crippen LogP) is 1.88. The van der Waals surface area contributed by atoms with E-state index < -0.39 is 0 Å². The summed E-state index contributed by atoms with van der Waals surface area (Å²) < 4.78 is 5.54. The van der Waals surface area contributed by atoms with Crippen molar-refractivity contribution < 1.29 is 4.74 Å². The van der Waals surface area contributed by atoms with E-state index in [1.807, 2.05) is 0 Å². The second kappa shape index (κ2) is 6.36. The van der Waals surface area contributed by atoms with Crippen molar-refractivity contribution in [2.24, 2.45) is 11.8 Å². The fourth-order valence-corrected chi connectivity index (χ4v) is 4.04. The summed E-state index contributed by atoms with van der Waals surface area (Å²) in [4.78, 5) is 2.78. The molecule has 0 aromatic carbocycles. The minimum absolute atomic E-state index is 0.800. The summed E-state index contributed by atoms with van der Waals surface area (Å²) in [6.45, 7) is 6.92. The summed E-state index contributed by atoms with van der Waals surface area (Å²) >= 11 is 0. The van der Waals surface area contributed by atoms with Crippen molar-refractivity contribution in [1.29, 1.82) is 0 Å². The van der Waals surface area contributed by atoms with Gasteiger partial charge in [0.15, 0.2) is 0 Å². The number of ether oxygens (including phenoxy) is 1. The van der Waals surface area contributed by atoms with Crippen molar-refractivity contribution in [1.82, 2.24) is 10.2 Å². The average molecular weight is 252 g/mol. The molecule has 0 spiro atoms. The first kappa shape index (κ1) is 12.9. The minimum atomic E-state index is 0.800. The average Bonchev–Trinajstić information content (AvgIpc) is 2.93. The molecule has 3 heteroatoms. The monoisotopic (exact) mass is 252 g/mol. The fraction of sp³-hybridized carbons (Fsp3) is 1.00. The van der Waals surface area contributed by atoms with Gasteiger partial charge in [-0.25, -0.2) is 0 Å². The highest BCUT2D eigenvalue weighted by atomic mass is 16.5. The van der Waals surface area contributed by atoms with E-state index in [0.717, 1.165) is 31.1 Å². The Kier molecular flexibility index (Phi) is 4.55. The Labute approximate surface area is 111 Å². The van der Waals surface area contributed by atoms with Crippen molar-refractivity contribution in [2.75, 3.05) is 39.4 Å². The van der Waals surface area contributed by atoms with Gasteiger partial charge in [0.05, 0.1) is 6.61 Å². The first-order chi connectivity index (χ1) is 8.93. The van der Waals surface area contributed by atoms with E-state index in [1.54, 1.807) is 0 Å². The van der Waals surface area contributed by atoms with Gasteiger partial charge in [-0.05, 0) is 31.1 Å². The van der Waals surface area contributed by atoms with E-state index in [9.17, 15) is 0 Å². The van der Waals surface area contributed by atoms with Crippen LogP contribution in [-0.2, 0) is 4.74 Å². The first-order valence-electron chi connectivity index (χ1n) is 7.96. The second-order valence-corrected chi connectivity index (χ2v) is 6.39. The van der Waals surface area contributed by atoms with E-state index in [4.69, 9.17) is 4.74 Å². The number of hydrogen-bond donors (Lipinski definition) is 1. The van der Waals surface area contributed by atoms with Gasteiger partial charge in [0.2, 0.25) is 0 Å². The number of nitrogens with zero attached hydrogens (tertiary/aromatic N) is 1. The van der Waals surface area contributed by atoms with Crippen LogP contribution in [0.25, 0.3) is 0 Å². The first-order valence-corrected chi connectivity index (χ1v) is 7.96. The van der Waals surface area contributed by atoms with Gasteiger partial charge in [-0.3, -0.25) is 4.90 Å². The van der Waals surface area contributed by atoms with Crippen LogP contribution in [0.3, 0.4) is 0 Å². The summed E-state index contributed by atoms with van der Waals surface area (Å²) in [5.41, 5.74) is 0. The molecule has 0 bridgehead atoms. The largest absolute Gasteiger partial charge is 0.381 e. The van der Waals surface area contributed by atoms with Gasteiger partial charge >= 0.3 is 0 Å². The molecule has 2 heterocycles. The van der Waals surface area contributed by atoms with Crippen molar-refractivity contribution in [3.8, 4) is 0 Å². The van der Waals surface area contributed by atoms with Crippen LogP contribution in [0.5, 0.6) is 0 Å². The molecule has 2 aliphatic heterocycles. The molecule has 0 amide bonds. The van der Waals surface area contributed by atoms with Gasteiger partial charge in [-0.1, -0.05) is 19.3 Å². The molecule has 2 saturated heterocycles. The van der Waals surface area contributed by atoms with Crippen LogP contribution in [-0.4, -0.2) is 50.3 Å². The molecule has 2 atom stereocenters. The van der Waals surface area contributed by atoms with Gasteiger partial charge < -0.3 is 10.1 Å². The molecule has 104 valence electrons. The predicted molar refractivity (Wildman–Crippen MR) is 73.7 cm³/mol. The third-order valence-corrected chi connectivity index (χ3v) is 5.11. The summed E-state index contributed by atoms with van der Waals surface area (Å²) in [5.74, 6) is 1.75. The third kappa shape index (κ3) is 3.06. The number of nitrogens with one attached hydrogen (secondary N) is 1. The van der Waals surface area contributed by atoms with Crippen molar-refractivity contribution in [2.45, 2.75) is 44.6 Å². The zero-order chi connectivity index (χ0) is 12.2. The van der Waals surface area contributed by atoms with E-state index in [1.165, 1.54) is 64.7 Å². The van der Waals surface area contributed by atoms with Gasteiger partial charge in [-0.2, -0.15) is 0 Å². The quantitative estimate of drug-likeness (QED) is 0.830. The fourth-order valence-electron chi connectivity index (χ4n) is 4.04. The van der Waals surface area contributed by atoms with Crippen molar-refractivity contribution in [3.63, 3.8) is 0 Å². The molecule has 1 saturated carbocycles. The highest BCUT2D eigenvalue weighted by molar-refractivity contribution is 4.88. The lowest BCUT2D eigenvalue weighted by molar-refractivity contribution is 0.0735. The van der Waals surface area contributed by atoms with Crippen LogP contribution in [0.15, 0.2) is 0 Å². The minimum Gasteiger partial charge on any atom is -0.381 e. The highest BCUT2D eigenvalue weighted by Gasteiger charge is 2.32. The van der Waals surface area contributed by atoms with E-state index in [0.29, 0.717) is 0 Å². The maximum atomic E-state index is 5.54. The maximum Gasteiger partial charge on any atom is 0.0507 e. The molecule has 3 fully saturated rings. The van der Waals surface area contributed by atoms with Gasteiger partial charge in [0, 0.05) is 38.8 Å². The number of hydrogen-bond acceptors (Lipinski definition) is 3. The molecule has 18 heavy (non-hydrogen) atoms. The van der Waals surface area contributed by atoms with Gasteiger partial charge in [0.1, 0.15) is 0 Å². The molecule has 3 aliphatic rings. The molecule has 1 aliphatic carbocycles. The Morgan fingerprint density at radius 2 is 2.00 bits per heavy atom. The lowest BCUT2D eigenvalue weighted by atomic mass is 9.82. The lowest BCUT2D eigenvalue weighted by Gasteiger charge is -2.43. The Bertz CT molecular complexity index is 247. The number of piperazine rings is 1. The molecule has 2 unspecified atom stereocenters. The standard InChI is InChI=1S/C15H28N2O/c1-2-4-14(5-3-1)15-10-16-7-8-17(15)11-13-6-9-18-12-13/h13-16H,1-12H2. The summed E-state index contributed by atoms with van der Waals surface area (Å²) in [6, 6.07) is 0.805. The van der Waals surface area contributed by atoms with Crippen molar-refractivity contribution in [3.05, 3.63) is 0 Å². The van der Waals surface area contributed by atoms with E-state index >= 15 is 0 Å². The highest BCUT2D eigenvalue weighted by Crippen LogP contribution is 2.30. The molecule has 0 aromatic rings. The van der Waals surface area contributed by atoms with E-state index in [-0.39, 0.29) is 0 Å². The maximum absolute atomic E-state index is 5.54. The Hall–Kier alpha value is -0.120. The normalized spacial score (nSPS) is 36.0. The van der Waals surface area contributed by atoms with Crippen LogP contribution >= 0.6 is 0 Å². The van der Waals surface area contributed by atoms with Crippen LogP contribution in [0.2, 0.25) is 0 Å². The zero-order valence-electron chi connectivity index (χ0n) is 11.6. The summed E-state index contributed by atoms with van der Waals surface area (Å²) in [6.07, 6.45) is 8.59. The van der Waals surface area contributed by atoms with Crippen molar-refractivity contribution >= 4 is 0 Å². The Morgan fingerprint density at radius 3 is 2.78 bits per heavy atom. The molecule has 0 radical (unpaired) electrons. The molecular formula is C15H28N2O. The zero-order valence-corrected chi connectivity index (χ0v) is 11.6. The summed E-state index contributed by atoms with van der Waals surface area (Å²) in [5, 5.41) is 3.61. The number of rotatable bonds is 3. The molecule has 0 aromatic heterocycles. The van der Waals surface area contributed by atoms with Crippen LogP contribution in [0.1, 0.15) is 38.5 Å². The van der Waals surface area contributed by atoms with E-state index in [2.05, 4.69) is 10.2 Å². The Morgan fingerprint density at radius 1 is 1.11 bits per heavy atom. The third-order valence-electron chi connectivity index (χ3n) is 5.11. The molecule has 1 N–H and O–H groups in total. The van der Waals surface area contributed by atoms with Crippen LogP contribution in [0, 0.1) is 11.8 Å². The summed E-state index contributed by atoms with van der Waals surface area (Å²) in [7, 11) is 0. The van der Waals surface area contributed by atoms with Crippen LogP contribution < -0.4 is 5.32 Å². The SMILES string of the molecule is C1CCC(C2CNCCN2CC2CCOC2)CC1. The molecular weight excluding hydrogens is 224 g/mol. The molecule has 3 rings (SSSR count). The second-order valence-electron chi connectivity index (χ2n) is 6.39.